The normalized spacial score (nSPS) is 12.1. The van der Waals surface area contributed by atoms with Crippen LogP contribution in [0.5, 0.6) is 0 Å². The molecule has 0 N–H and O–H groups in total. The van der Waals surface area contributed by atoms with Crippen LogP contribution in [0.3, 0.4) is 0 Å². The molecule has 3 heteroatoms. The Labute approximate surface area is 307 Å². The van der Waals surface area contributed by atoms with Gasteiger partial charge in [-0.1, -0.05) is 129 Å². The van der Waals surface area contributed by atoms with Crippen LogP contribution in [-0.4, -0.2) is 14.1 Å². The molecule has 0 fully saturated rings. The van der Waals surface area contributed by atoms with E-state index in [1.165, 1.54) is 76.0 Å². The number of nitrogens with zero attached hydrogens (tertiary/aromatic N) is 3. The topological polar surface area (TPSA) is 22.8 Å². The summed E-state index contributed by atoms with van der Waals surface area (Å²) < 4.78 is 4.78. The Kier molecular flexibility index (Phi) is 6.44. The predicted molar refractivity (Wildman–Crippen MR) is 225 cm³/mol. The van der Waals surface area contributed by atoms with E-state index in [-0.39, 0.29) is 0 Å². The van der Waals surface area contributed by atoms with Gasteiger partial charge in [-0.05, 0) is 92.3 Å². The molecule has 0 saturated carbocycles. The zero-order valence-electron chi connectivity index (χ0n) is 29.6. The Bertz CT molecular complexity index is 3240. The lowest BCUT2D eigenvalue weighted by molar-refractivity contribution is 0.877. The average Bonchev–Trinajstić information content (AvgIpc) is 3.72. The highest BCUT2D eigenvalue weighted by atomic mass is 15.0. The van der Waals surface area contributed by atoms with Crippen LogP contribution in [0.2, 0.25) is 0 Å². The van der Waals surface area contributed by atoms with Gasteiger partial charge in [0.15, 0.2) is 0 Å². The van der Waals surface area contributed by atoms with Crippen molar-refractivity contribution in [2.75, 3.05) is 0 Å². The summed E-state index contributed by atoms with van der Waals surface area (Å²) in [4.78, 5) is 5.27. The number of benzene rings is 8. The summed E-state index contributed by atoms with van der Waals surface area (Å²) in [5.41, 5.74) is 10.4. The van der Waals surface area contributed by atoms with Gasteiger partial charge in [-0.2, -0.15) is 0 Å². The van der Waals surface area contributed by atoms with Crippen LogP contribution in [0.15, 0.2) is 170 Å². The van der Waals surface area contributed by atoms with Gasteiger partial charge in [0, 0.05) is 32.8 Å². The van der Waals surface area contributed by atoms with Crippen molar-refractivity contribution in [3.05, 3.63) is 176 Å². The molecular weight excluding hydrogens is 643 g/mol. The molecule has 0 aliphatic heterocycles. The quantitative estimate of drug-likeness (QED) is 0.170. The second kappa shape index (κ2) is 11.4. The zero-order chi connectivity index (χ0) is 35.2. The molecule has 0 bridgehead atoms. The Balaban J connectivity index is 1.16. The van der Waals surface area contributed by atoms with E-state index in [0.29, 0.717) is 5.92 Å². The predicted octanol–water partition coefficient (Wildman–Crippen LogP) is 13.5. The first-order valence-corrected chi connectivity index (χ1v) is 18.5. The van der Waals surface area contributed by atoms with E-state index in [0.717, 1.165) is 28.1 Å². The van der Waals surface area contributed by atoms with Gasteiger partial charge in [-0.3, -0.25) is 4.98 Å². The van der Waals surface area contributed by atoms with Gasteiger partial charge in [0.05, 0.1) is 39.6 Å². The lowest BCUT2D eigenvalue weighted by Gasteiger charge is -2.19. The maximum Gasteiger partial charge on any atom is 0.0710 e. The number of pyridine rings is 1. The van der Waals surface area contributed by atoms with Gasteiger partial charge in [0.2, 0.25) is 0 Å². The molecule has 3 aromatic heterocycles. The van der Waals surface area contributed by atoms with E-state index < -0.39 is 0 Å². The molecule has 11 rings (SSSR count). The lowest BCUT2D eigenvalue weighted by Crippen LogP contribution is -1.98. The maximum absolute atomic E-state index is 5.27. The Morgan fingerprint density at radius 3 is 1.51 bits per heavy atom. The molecule has 0 amide bonds. The third-order valence-electron chi connectivity index (χ3n) is 11.3. The smallest absolute Gasteiger partial charge is 0.0710 e. The lowest BCUT2D eigenvalue weighted by atomic mass is 9.85. The van der Waals surface area contributed by atoms with Crippen LogP contribution in [0.25, 0.3) is 98.6 Å². The van der Waals surface area contributed by atoms with Crippen LogP contribution < -0.4 is 0 Å². The van der Waals surface area contributed by atoms with Gasteiger partial charge in [0.1, 0.15) is 0 Å². The summed E-state index contributed by atoms with van der Waals surface area (Å²) in [7, 11) is 0. The first-order chi connectivity index (χ1) is 26.2. The standard InChI is InChI=1S/C50H35N3/c1-31(2)34-25-26-41(50-40-21-9-7-17-36(40)35-16-6-8-20-39(35)49(34)50)44-27-24-33(30-51-44)53-46-23-13-11-19-38(46)43-28-42-37-18-10-12-22-45(37)52(47(42)29-48(43)53)32-14-4-3-5-15-32/h3-31H,1-2H3. The average molecular weight is 678 g/mol. The molecule has 8 aromatic carbocycles. The molecular formula is C50H35N3. The molecule has 0 saturated heterocycles. The van der Waals surface area contributed by atoms with Gasteiger partial charge in [-0.25, -0.2) is 0 Å². The third-order valence-corrected chi connectivity index (χ3v) is 11.3. The molecule has 0 spiro atoms. The number of para-hydroxylation sites is 3. The minimum Gasteiger partial charge on any atom is -0.309 e. The first-order valence-electron chi connectivity index (χ1n) is 18.5. The number of rotatable bonds is 4. The SMILES string of the molecule is CC(C)c1ccc(-c2ccc(-n3c4ccccc4c4cc5c6ccccc6n(-c6ccccc6)c5cc43)cn2)c2c3ccccc3c3ccccc3c12. The molecule has 3 heterocycles. The molecule has 3 nitrogen and oxygen atoms in total. The molecule has 11 aromatic rings. The number of hydrogen-bond donors (Lipinski definition) is 0. The molecule has 0 unspecified atom stereocenters. The van der Waals surface area contributed by atoms with Gasteiger partial charge < -0.3 is 9.13 Å². The van der Waals surface area contributed by atoms with Crippen LogP contribution >= 0.6 is 0 Å². The van der Waals surface area contributed by atoms with Crippen molar-refractivity contribution in [1.29, 1.82) is 0 Å². The second-order valence-electron chi connectivity index (χ2n) is 14.5. The molecule has 0 atom stereocenters. The van der Waals surface area contributed by atoms with Crippen molar-refractivity contribution >= 4 is 75.9 Å². The summed E-state index contributed by atoms with van der Waals surface area (Å²) in [5, 5.41) is 12.7. The van der Waals surface area contributed by atoms with Crippen LogP contribution in [0.1, 0.15) is 25.3 Å². The minimum absolute atomic E-state index is 0.383. The molecule has 250 valence electrons. The molecule has 0 radical (unpaired) electrons. The van der Waals surface area contributed by atoms with Crippen molar-refractivity contribution in [3.63, 3.8) is 0 Å². The number of aromatic nitrogens is 3. The van der Waals surface area contributed by atoms with Crippen molar-refractivity contribution in [1.82, 2.24) is 14.1 Å². The molecule has 53 heavy (non-hydrogen) atoms. The van der Waals surface area contributed by atoms with Gasteiger partial charge >= 0.3 is 0 Å². The van der Waals surface area contributed by atoms with E-state index in [2.05, 4.69) is 193 Å². The van der Waals surface area contributed by atoms with Crippen molar-refractivity contribution in [2.45, 2.75) is 19.8 Å². The highest BCUT2D eigenvalue weighted by molar-refractivity contribution is 6.29. The maximum atomic E-state index is 5.27. The summed E-state index contributed by atoms with van der Waals surface area (Å²) >= 11 is 0. The van der Waals surface area contributed by atoms with Gasteiger partial charge in [-0.15, -0.1) is 0 Å². The summed E-state index contributed by atoms with van der Waals surface area (Å²) in [6.45, 7) is 4.59. The zero-order valence-corrected chi connectivity index (χ0v) is 29.6. The fourth-order valence-electron chi connectivity index (χ4n) is 9.00. The molecule has 0 aliphatic rings. The van der Waals surface area contributed by atoms with E-state index in [1.807, 2.05) is 0 Å². The van der Waals surface area contributed by atoms with Crippen molar-refractivity contribution < 1.29 is 0 Å². The largest absolute Gasteiger partial charge is 0.309 e. The first kappa shape index (κ1) is 30.0. The second-order valence-corrected chi connectivity index (χ2v) is 14.5. The minimum atomic E-state index is 0.383. The monoisotopic (exact) mass is 677 g/mol. The van der Waals surface area contributed by atoms with E-state index in [1.54, 1.807) is 0 Å². The van der Waals surface area contributed by atoms with Crippen molar-refractivity contribution in [2.24, 2.45) is 0 Å². The number of fused-ring (bicyclic) bond motifs is 12. The van der Waals surface area contributed by atoms with Gasteiger partial charge in [0.25, 0.3) is 0 Å². The summed E-state index contributed by atoms with van der Waals surface area (Å²) in [6.07, 6.45) is 2.06. The highest BCUT2D eigenvalue weighted by Gasteiger charge is 2.20. The highest BCUT2D eigenvalue weighted by Crippen LogP contribution is 2.44. The van der Waals surface area contributed by atoms with Crippen LogP contribution in [0, 0.1) is 0 Å². The van der Waals surface area contributed by atoms with Crippen molar-refractivity contribution in [3.8, 4) is 22.6 Å². The van der Waals surface area contributed by atoms with E-state index in [4.69, 9.17) is 4.98 Å². The fraction of sp³-hybridized carbons (Fsp3) is 0.0600. The Hall–Kier alpha value is -6.71. The molecule has 0 aliphatic carbocycles. The van der Waals surface area contributed by atoms with Crippen LogP contribution in [0.4, 0.5) is 0 Å². The number of hydrogen-bond acceptors (Lipinski definition) is 1. The van der Waals surface area contributed by atoms with E-state index >= 15 is 0 Å². The Morgan fingerprint density at radius 1 is 0.396 bits per heavy atom. The summed E-state index contributed by atoms with van der Waals surface area (Å²) in [5.74, 6) is 0.383. The summed E-state index contributed by atoms with van der Waals surface area (Å²) in [6, 6.07) is 59.8. The van der Waals surface area contributed by atoms with Crippen LogP contribution in [-0.2, 0) is 0 Å². The Morgan fingerprint density at radius 2 is 0.925 bits per heavy atom. The third kappa shape index (κ3) is 4.31. The van der Waals surface area contributed by atoms with E-state index in [9.17, 15) is 0 Å². The fourth-order valence-corrected chi connectivity index (χ4v) is 9.00.